The Kier molecular flexibility index (Phi) is 5.95. The van der Waals surface area contributed by atoms with Crippen molar-refractivity contribution in [3.8, 4) is 0 Å². The lowest BCUT2D eigenvalue weighted by atomic mass is 10.2. The first kappa shape index (κ1) is 12.7. The minimum Gasteiger partial charge on any atom is -0.352 e. The molecule has 4 heteroatoms. The van der Waals surface area contributed by atoms with Gasteiger partial charge in [0.05, 0.1) is 9.35 Å². The Balaban J connectivity index is 2.19. The summed E-state index contributed by atoms with van der Waals surface area (Å²) in [5.41, 5.74) is 0.752. The summed E-state index contributed by atoms with van der Waals surface area (Å²) in [6.45, 7) is 2.97. The van der Waals surface area contributed by atoms with Gasteiger partial charge < -0.3 is 5.32 Å². The van der Waals surface area contributed by atoms with Gasteiger partial charge in [0.1, 0.15) is 0 Å². The van der Waals surface area contributed by atoms with Gasteiger partial charge in [-0.25, -0.2) is 0 Å². The highest BCUT2D eigenvalue weighted by Crippen LogP contribution is 2.20. The van der Waals surface area contributed by atoms with E-state index in [1.165, 1.54) is 30.6 Å². The van der Waals surface area contributed by atoms with E-state index in [9.17, 15) is 4.79 Å². The minimum absolute atomic E-state index is 0.0356. The fourth-order valence-electron chi connectivity index (χ4n) is 1.28. The molecular weight excluding hydrogens is 274 g/mol. The molecule has 1 aromatic rings. The van der Waals surface area contributed by atoms with Gasteiger partial charge in [-0.1, -0.05) is 26.2 Å². The Morgan fingerprint density at radius 1 is 1.47 bits per heavy atom. The fraction of sp³-hybridized carbons (Fsp3) is 0.545. The Bertz CT molecular complexity index is 311. The van der Waals surface area contributed by atoms with Gasteiger partial charge in [0.15, 0.2) is 0 Å². The predicted molar refractivity (Wildman–Crippen MR) is 68.5 cm³/mol. The quantitative estimate of drug-likeness (QED) is 0.793. The molecule has 0 radical (unpaired) electrons. The SMILES string of the molecule is CCCCCCNC(=O)c1csc(Br)c1. The second-order valence-electron chi connectivity index (χ2n) is 3.46. The highest BCUT2D eigenvalue weighted by molar-refractivity contribution is 9.11. The van der Waals surface area contributed by atoms with Crippen molar-refractivity contribution < 1.29 is 4.79 Å². The van der Waals surface area contributed by atoms with Crippen molar-refractivity contribution >= 4 is 33.2 Å². The molecule has 2 nitrogen and oxygen atoms in total. The van der Waals surface area contributed by atoms with Crippen molar-refractivity contribution in [2.24, 2.45) is 0 Å². The van der Waals surface area contributed by atoms with E-state index in [1.807, 2.05) is 11.4 Å². The van der Waals surface area contributed by atoms with Crippen LogP contribution in [-0.2, 0) is 0 Å². The summed E-state index contributed by atoms with van der Waals surface area (Å²) in [5, 5.41) is 4.78. The van der Waals surface area contributed by atoms with E-state index in [4.69, 9.17) is 0 Å². The van der Waals surface area contributed by atoms with Crippen molar-refractivity contribution in [3.05, 3.63) is 20.8 Å². The van der Waals surface area contributed by atoms with Crippen LogP contribution in [0.5, 0.6) is 0 Å². The summed E-state index contributed by atoms with van der Waals surface area (Å²) >= 11 is 4.88. The van der Waals surface area contributed by atoms with Crippen molar-refractivity contribution in [2.75, 3.05) is 6.54 Å². The van der Waals surface area contributed by atoms with Gasteiger partial charge in [-0.05, 0) is 28.4 Å². The zero-order valence-electron chi connectivity index (χ0n) is 8.88. The van der Waals surface area contributed by atoms with E-state index in [-0.39, 0.29) is 5.91 Å². The van der Waals surface area contributed by atoms with Crippen molar-refractivity contribution in [2.45, 2.75) is 32.6 Å². The molecule has 1 amide bonds. The van der Waals surface area contributed by atoms with Gasteiger partial charge in [-0.15, -0.1) is 11.3 Å². The molecule has 1 N–H and O–H groups in total. The summed E-state index contributed by atoms with van der Waals surface area (Å²) in [6, 6.07) is 1.85. The number of halogens is 1. The van der Waals surface area contributed by atoms with Gasteiger partial charge >= 0.3 is 0 Å². The van der Waals surface area contributed by atoms with E-state index < -0.39 is 0 Å². The lowest BCUT2D eigenvalue weighted by molar-refractivity contribution is 0.0953. The first-order valence-electron chi connectivity index (χ1n) is 5.26. The van der Waals surface area contributed by atoms with Crippen molar-refractivity contribution in [1.29, 1.82) is 0 Å². The average Bonchev–Trinajstić information content (AvgIpc) is 2.64. The Hall–Kier alpha value is -0.350. The number of carbonyl (C=O) groups is 1. The van der Waals surface area contributed by atoms with Crippen molar-refractivity contribution in [1.82, 2.24) is 5.32 Å². The molecule has 1 heterocycles. The van der Waals surface area contributed by atoms with Crippen LogP contribution >= 0.6 is 27.3 Å². The van der Waals surface area contributed by atoms with Crippen LogP contribution in [0.4, 0.5) is 0 Å². The van der Waals surface area contributed by atoms with Crippen LogP contribution in [-0.4, -0.2) is 12.5 Å². The molecule has 0 fully saturated rings. The maximum Gasteiger partial charge on any atom is 0.252 e. The topological polar surface area (TPSA) is 29.1 Å². The summed E-state index contributed by atoms with van der Waals surface area (Å²) in [7, 11) is 0. The monoisotopic (exact) mass is 289 g/mol. The number of rotatable bonds is 6. The lowest BCUT2D eigenvalue weighted by Crippen LogP contribution is -2.23. The summed E-state index contributed by atoms with van der Waals surface area (Å²) in [4.78, 5) is 11.6. The Labute approximate surface area is 103 Å². The van der Waals surface area contributed by atoms with Gasteiger partial charge in [0, 0.05) is 11.9 Å². The third kappa shape index (κ3) is 4.80. The fourth-order valence-corrected chi connectivity index (χ4v) is 2.42. The van der Waals surface area contributed by atoms with Gasteiger partial charge in [-0.2, -0.15) is 0 Å². The molecule has 0 atom stereocenters. The molecule has 0 aliphatic heterocycles. The highest BCUT2D eigenvalue weighted by atomic mass is 79.9. The van der Waals surface area contributed by atoms with E-state index in [0.717, 1.165) is 22.3 Å². The molecular formula is C11H16BrNOS. The number of nitrogens with one attached hydrogen (secondary N) is 1. The highest BCUT2D eigenvalue weighted by Gasteiger charge is 2.06. The first-order valence-corrected chi connectivity index (χ1v) is 6.93. The van der Waals surface area contributed by atoms with Gasteiger partial charge in [0.25, 0.3) is 5.91 Å². The number of thiophene rings is 1. The molecule has 1 aromatic heterocycles. The molecule has 1 rings (SSSR count). The maximum absolute atomic E-state index is 11.6. The van der Waals surface area contributed by atoms with Crippen molar-refractivity contribution in [3.63, 3.8) is 0 Å². The second kappa shape index (κ2) is 7.01. The Morgan fingerprint density at radius 2 is 2.27 bits per heavy atom. The van der Waals surface area contributed by atoms with E-state index in [2.05, 4.69) is 28.2 Å². The van der Waals surface area contributed by atoms with Crippen LogP contribution in [0.2, 0.25) is 0 Å². The number of hydrogen-bond donors (Lipinski definition) is 1. The van der Waals surface area contributed by atoms with Crippen LogP contribution in [0.25, 0.3) is 0 Å². The molecule has 84 valence electrons. The van der Waals surface area contributed by atoms with Gasteiger partial charge in [0.2, 0.25) is 0 Å². The number of hydrogen-bond acceptors (Lipinski definition) is 2. The lowest BCUT2D eigenvalue weighted by Gasteiger charge is -2.02. The standard InChI is InChI=1S/C11H16BrNOS/c1-2-3-4-5-6-13-11(14)9-7-10(12)15-8-9/h7-8H,2-6H2,1H3,(H,13,14). The molecule has 0 saturated carbocycles. The predicted octanol–water partition coefficient (Wildman–Crippen LogP) is 3.82. The molecule has 0 bridgehead atoms. The maximum atomic E-state index is 11.6. The van der Waals surface area contributed by atoms with E-state index >= 15 is 0 Å². The molecule has 0 unspecified atom stereocenters. The van der Waals surface area contributed by atoms with Crippen LogP contribution in [0, 0.1) is 0 Å². The molecule has 0 aliphatic carbocycles. The molecule has 15 heavy (non-hydrogen) atoms. The third-order valence-electron chi connectivity index (χ3n) is 2.15. The average molecular weight is 290 g/mol. The molecule has 0 saturated heterocycles. The normalized spacial score (nSPS) is 10.3. The summed E-state index contributed by atoms with van der Waals surface area (Å²) in [5.74, 6) is 0.0356. The van der Waals surface area contributed by atoms with Crippen LogP contribution in [0.15, 0.2) is 15.2 Å². The smallest absolute Gasteiger partial charge is 0.252 e. The molecule has 0 spiro atoms. The van der Waals surface area contributed by atoms with E-state index in [0.29, 0.717) is 0 Å². The number of unbranched alkanes of at least 4 members (excludes halogenated alkanes) is 3. The first-order chi connectivity index (χ1) is 7.24. The number of carbonyl (C=O) groups excluding carboxylic acids is 1. The largest absolute Gasteiger partial charge is 0.352 e. The number of amides is 1. The summed E-state index contributed by atoms with van der Waals surface area (Å²) < 4.78 is 0.999. The second-order valence-corrected chi connectivity index (χ2v) is 5.75. The minimum atomic E-state index is 0.0356. The Morgan fingerprint density at radius 3 is 2.87 bits per heavy atom. The van der Waals surface area contributed by atoms with Crippen LogP contribution in [0.3, 0.4) is 0 Å². The summed E-state index contributed by atoms with van der Waals surface area (Å²) in [6.07, 6.45) is 4.75. The van der Waals surface area contributed by atoms with Crippen LogP contribution in [0.1, 0.15) is 43.0 Å². The zero-order chi connectivity index (χ0) is 11.1. The van der Waals surface area contributed by atoms with Gasteiger partial charge in [-0.3, -0.25) is 4.79 Å². The zero-order valence-corrected chi connectivity index (χ0v) is 11.3. The van der Waals surface area contributed by atoms with Crippen LogP contribution < -0.4 is 5.32 Å². The van der Waals surface area contributed by atoms with E-state index in [1.54, 1.807) is 0 Å². The third-order valence-corrected chi connectivity index (χ3v) is 3.65. The molecule has 0 aromatic carbocycles. The molecule has 0 aliphatic rings.